The van der Waals surface area contributed by atoms with Crippen molar-refractivity contribution in [3.05, 3.63) is 0 Å². The zero-order valence-electron chi connectivity index (χ0n) is 11.0. The summed E-state index contributed by atoms with van der Waals surface area (Å²) in [5, 5.41) is 8.73. The fourth-order valence-electron chi connectivity index (χ4n) is 2.11. The molecule has 1 unspecified atom stereocenters. The fourth-order valence-corrected chi connectivity index (χ4v) is 3.87. The first-order valence-electron chi connectivity index (χ1n) is 6.11. The van der Waals surface area contributed by atoms with E-state index in [1.807, 2.05) is 23.9 Å². The lowest BCUT2D eigenvalue weighted by Crippen LogP contribution is -2.41. The van der Waals surface area contributed by atoms with E-state index in [9.17, 15) is 13.2 Å². The summed E-state index contributed by atoms with van der Waals surface area (Å²) in [6, 6.07) is -0.0192. The third kappa shape index (κ3) is 5.32. The summed E-state index contributed by atoms with van der Waals surface area (Å²) in [5.74, 6) is -0.450. The maximum absolute atomic E-state index is 11.5. The van der Waals surface area contributed by atoms with Crippen LogP contribution >= 0.6 is 0 Å². The van der Waals surface area contributed by atoms with Crippen molar-refractivity contribution in [1.29, 1.82) is 0 Å². The van der Waals surface area contributed by atoms with E-state index in [1.54, 1.807) is 0 Å². The van der Waals surface area contributed by atoms with Crippen LogP contribution < -0.4 is 0 Å². The molecule has 0 bridgehead atoms. The van der Waals surface area contributed by atoms with Crippen molar-refractivity contribution in [1.82, 2.24) is 9.80 Å². The van der Waals surface area contributed by atoms with Crippen LogP contribution in [0.3, 0.4) is 0 Å². The second-order valence-electron chi connectivity index (χ2n) is 5.04. The Hall–Kier alpha value is -0.660. The Kier molecular flexibility index (Phi) is 5.55. The molecule has 0 aromatic rings. The number of nitrogens with zero attached hydrogens (tertiary/aromatic N) is 2. The van der Waals surface area contributed by atoms with Crippen molar-refractivity contribution >= 4 is 15.8 Å². The van der Waals surface area contributed by atoms with Crippen molar-refractivity contribution in [2.75, 3.05) is 45.2 Å². The molecule has 1 atom stereocenters. The molecule has 18 heavy (non-hydrogen) atoms. The first-order chi connectivity index (χ1) is 8.30. The molecule has 0 aromatic heterocycles. The SMILES string of the molecule is CN(C)CCN(CCC(=O)O)C1CCS(=O)(=O)C1. The van der Waals surface area contributed by atoms with E-state index in [4.69, 9.17) is 5.11 Å². The summed E-state index contributed by atoms with van der Waals surface area (Å²) in [4.78, 5) is 14.6. The summed E-state index contributed by atoms with van der Waals surface area (Å²) in [6.45, 7) is 1.93. The van der Waals surface area contributed by atoms with Crippen LogP contribution in [0.1, 0.15) is 12.8 Å². The van der Waals surface area contributed by atoms with Gasteiger partial charge in [0.2, 0.25) is 0 Å². The summed E-state index contributed by atoms with van der Waals surface area (Å²) >= 11 is 0. The van der Waals surface area contributed by atoms with Gasteiger partial charge in [0.1, 0.15) is 0 Å². The number of rotatable bonds is 7. The maximum Gasteiger partial charge on any atom is 0.304 e. The minimum Gasteiger partial charge on any atom is -0.481 e. The van der Waals surface area contributed by atoms with E-state index in [0.29, 0.717) is 19.5 Å². The van der Waals surface area contributed by atoms with E-state index in [-0.39, 0.29) is 24.0 Å². The molecule has 0 aromatic carbocycles. The molecule has 1 N–H and O–H groups in total. The maximum atomic E-state index is 11.5. The van der Waals surface area contributed by atoms with Gasteiger partial charge in [-0.25, -0.2) is 8.42 Å². The Morgan fingerprint density at radius 3 is 2.39 bits per heavy atom. The summed E-state index contributed by atoms with van der Waals surface area (Å²) in [7, 11) is 0.970. The van der Waals surface area contributed by atoms with Gasteiger partial charge in [-0.3, -0.25) is 9.69 Å². The first kappa shape index (κ1) is 15.4. The molecular weight excluding hydrogens is 256 g/mol. The van der Waals surface area contributed by atoms with E-state index in [1.165, 1.54) is 0 Å². The molecule has 1 rings (SSSR count). The molecular formula is C11H22N2O4S. The molecule has 1 aliphatic heterocycles. The van der Waals surface area contributed by atoms with Gasteiger partial charge in [0.05, 0.1) is 17.9 Å². The number of aliphatic carboxylic acids is 1. The van der Waals surface area contributed by atoms with Crippen molar-refractivity contribution in [2.45, 2.75) is 18.9 Å². The highest BCUT2D eigenvalue weighted by Crippen LogP contribution is 2.17. The molecule has 7 heteroatoms. The number of sulfone groups is 1. The number of carbonyl (C=O) groups is 1. The van der Waals surface area contributed by atoms with Crippen LogP contribution in [0.25, 0.3) is 0 Å². The van der Waals surface area contributed by atoms with E-state index in [2.05, 4.69) is 0 Å². The van der Waals surface area contributed by atoms with Gasteiger partial charge in [-0.1, -0.05) is 0 Å². The average Bonchev–Trinajstić information content (AvgIpc) is 2.58. The van der Waals surface area contributed by atoms with Gasteiger partial charge in [0.25, 0.3) is 0 Å². The van der Waals surface area contributed by atoms with Crippen LogP contribution in [0.15, 0.2) is 0 Å². The third-order valence-corrected chi connectivity index (χ3v) is 4.92. The molecule has 0 aliphatic carbocycles. The molecule has 1 aliphatic rings. The average molecular weight is 278 g/mol. The molecule has 0 radical (unpaired) electrons. The minimum absolute atomic E-state index is 0.0192. The highest BCUT2D eigenvalue weighted by atomic mass is 32.2. The monoisotopic (exact) mass is 278 g/mol. The molecule has 6 nitrogen and oxygen atoms in total. The zero-order valence-corrected chi connectivity index (χ0v) is 11.8. The van der Waals surface area contributed by atoms with E-state index < -0.39 is 15.8 Å². The van der Waals surface area contributed by atoms with Crippen molar-refractivity contribution < 1.29 is 18.3 Å². The lowest BCUT2D eigenvalue weighted by atomic mass is 10.2. The topological polar surface area (TPSA) is 77.9 Å². The number of carboxylic acids is 1. The second-order valence-corrected chi connectivity index (χ2v) is 7.27. The summed E-state index contributed by atoms with van der Waals surface area (Å²) in [5.41, 5.74) is 0. The molecule has 1 saturated heterocycles. The summed E-state index contributed by atoms with van der Waals surface area (Å²) < 4.78 is 22.9. The van der Waals surface area contributed by atoms with Gasteiger partial charge in [-0.15, -0.1) is 0 Å². The van der Waals surface area contributed by atoms with Crippen molar-refractivity contribution in [2.24, 2.45) is 0 Å². The Morgan fingerprint density at radius 2 is 1.94 bits per heavy atom. The molecule has 1 heterocycles. The third-order valence-electron chi connectivity index (χ3n) is 3.17. The quantitative estimate of drug-likeness (QED) is 0.677. The second kappa shape index (κ2) is 6.49. The van der Waals surface area contributed by atoms with Crippen molar-refractivity contribution in [3.8, 4) is 0 Å². The number of likely N-dealkylation sites (N-methyl/N-ethyl adjacent to an activating group) is 1. The van der Waals surface area contributed by atoms with Crippen molar-refractivity contribution in [3.63, 3.8) is 0 Å². The highest BCUT2D eigenvalue weighted by Gasteiger charge is 2.32. The smallest absolute Gasteiger partial charge is 0.304 e. The van der Waals surface area contributed by atoms with Gasteiger partial charge in [-0.05, 0) is 20.5 Å². The molecule has 0 spiro atoms. The lowest BCUT2D eigenvalue weighted by Gasteiger charge is -2.28. The Labute approximate surface area is 108 Å². The van der Waals surface area contributed by atoms with Crippen LogP contribution in [0, 0.1) is 0 Å². The minimum atomic E-state index is -2.92. The van der Waals surface area contributed by atoms with Crippen LogP contribution in [0.2, 0.25) is 0 Å². The predicted octanol–water partition coefficient (Wildman–Crippen LogP) is -0.488. The molecule has 106 valence electrons. The number of carboxylic acid groups (broad SMARTS) is 1. The van der Waals surface area contributed by atoms with E-state index >= 15 is 0 Å². The van der Waals surface area contributed by atoms with Gasteiger partial charge in [-0.2, -0.15) is 0 Å². The standard InChI is InChI=1S/C11H22N2O4S/c1-12(2)6-7-13(5-3-11(14)15)10-4-8-18(16,17)9-10/h10H,3-9H2,1-2H3,(H,14,15). The van der Waals surface area contributed by atoms with Gasteiger partial charge < -0.3 is 10.0 Å². The number of hydrogen-bond donors (Lipinski definition) is 1. The Morgan fingerprint density at radius 1 is 1.28 bits per heavy atom. The summed E-state index contributed by atoms with van der Waals surface area (Å²) in [6.07, 6.45) is 0.680. The number of hydrogen-bond acceptors (Lipinski definition) is 5. The molecule has 0 saturated carbocycles. The van der Waals surface area contributed by atoms with Gasteiger partial charge in [0.15, 0.2) is 9.84 Å². The first-order valence-corrected chi connectivity index (χ1v) is 7.93. The fraction of sp³-hybridized carbons (Fsp3) is 0.909. The lowest BCUT2D eigenvalue weighted by molar-refractivity contribution is -0.137. The Bertz CT molecular complexity index is 381. The van der Waals surface area contributed by atoms with Crippen LogP contribution in [0.5, 0.6) is 0 Å². The van der Waals surface area contributed by atoms with Crippen LogP contribution in [-0.2, 0) is 14.6 Å². The Balaban J connectivity index is 2.56. The molecule has 0 amide bonds. The van der Waals surface area contributed by atoms with Crippen LogP contribution in [0.4, 0.5) is 0 Å². The van der Waals surface area contributed by atoms with E-state index in [0.717, 1.165) is 6.54 Å². The zero-order chi connectivity index (χ0) is 13.8. The largest absolute Gasteiger partial charge is 0.481 e. The predicted molar refractivity (Wildman–Crippen MR) is 69.4 cm³/mol. The highest BCUT2D eigenvalue weighted by molar-refractivity contribution is 7.91. The van der Waals surface area contributed by atoms with Gasteiger partial charge in [0, 0.05) is 25.7 Å². The normalized spacial score (nSPS) is 22.8. The van der Waals surface area contributed by atoms with Crippen LogP contribution in [-0.4, -0.2) is 80.6 Å². The van der Waals surface area contributed by atoms with Gasteiger partial charge >= 0.3 is 5.97 Å². The molecule has 1 fully saturated rings.